The largest absolute Gasteiger partial charge is 0.473 e. The maximum atomic E-state index is 15.6. The summed E-state index contributed by atoms with van der Waals surface area (Å²) in [4.78, 5) is 6.57. The molecule has 1 saturated heterocycles. The van der Waals surface area contributed by atoms with Gasteiger partial charge in [-0.05, 0) is 65.3 Å². The summed E-state index contributed by atoms with van der Waals surface area (Å²) in [5.74, 6) is -1.74. The molecule has 2 heterocycles. The highest BCUT2D eigenvalue weighted by Crippen LogP contribution is 2.37. The first kappa shape index (κ1) is 29.6. The molecule has 0 saturated carbocycles. The summed E-state index contributed by atoms with van der Waals surface area (Å²) in [5.41, 5.74) is 4.01. The van der Waals surface area contributed by atoms with Crippen molar-refractivity contribution in [2.75, 3.05) is 18.0 Å². The molecule has 4 aromatic carbocycles. The average Bonchev–Trinajstić information content (AvgIpc) is 3.06. The zero-order chi connectivity index (χ0) is 30.5. The van der Waals surface area contributed by atoms with E-state index in [1.807, 2.05) is 77.7 Å². The van der Waals surface area contributed by atoms with Crippen LogP contribution in [0, 0.1) is 17.5 Å². The van der Waals surface area contributed by atoms with Crippen LogP contribution in [0.5, 0.6) is 11.8 Å². The Balaban J connectivity index is 1.20. The minimum absolute atomic E-state index is 0.168. The molecule has 0 bridgehead atoms. The van der Waals surface area contributed by atoms with E-state index in [-0.39, 0.29) is 23.4 Å². The lowest BCUT2D eigenvalue weighted by molar-refractivity contribution is 0.268. The summed E-state index contributed by atoms with van der Waals surface area (Å²) >= 11 is 5.72. The number of aromatic nitrogens is 1. The minimum atomic E-state index is -1.02. The van der Waals surface area contributed by atoms with E-state index in [9.17, 15) is 8.78 Å². The lowest BCUT2D eigenvalue weighted by atomic mass is 9.88. The van der Waals surface area contributed by atoms with Crippen LogP contribution >= 0.6 is 11.6 Å². The van der Waals surface area contributed by atoms with Gasteiger partial charge in [-0.2, -0.15) is 4.98 Å². The second kappa shape index (κ2) is 13.4. The van der Waals surface area contributed by atoms with Gasteiger partial charge in [-0.1, -0.05) is 84.4 Å². The molecule has 8 heteroatoms. The molecule has 0 atom stereocenters. The van der Waals surface area contributed by atoms with Crippen LogP contribution in [0.2, 0.25) is 5.02 Å². The van der Waals surface area contributed by atoms with Gasteiger partial charge in [-0.3, -0.25) is 0 Å². The number of halogens is 4. The summed E-state index contributed by atoms with van der Waals surface area (Å²) in [6, 6.07) is 31.1. The van der Waals surface area contributed by atoms with Gasteiger partial charge < -0.3 is 14.4 Å². The quantitative estimate of drug-likeness (QED) is 0.155. The maximum Gasteiger partial charge on any atom is 0.225 e. The minimum Gasteiger partial charge on any atom is -0.473 e. The molecule has 0 N–H and O–H groups in total. The molecule has 0 amide bonds. The van der Waals surface area contributed by atoms with Crippen LogP contribution in [0.15, 0.2) is 103 Å². The fourth-order valence-corrected chi connectivity index (χ4v) is 5.66. The number of hydrogen-bond donors (Lipinski definition) is 0. The van der Waals surface area contributed by atoms with Gasteiger partial charge in [0.15, 0.2) is 11.6 Å². The van der Waals surface area contributed by atoms with Crippen molar-refractivity contribution in [3.05, 3.63) is 142 Å². The molecule has 1 aromatic heterocycles. The highest BCUT2D eigenvalue weighted by Gasteiger charge is 2.26. The molecule has 0 radical (unpaired) electrons. The normalized spacial score (nSPS) is 13.6. The van der Waals surface area contributed by atoms with Crippen molar-refractivity contribution < 1.29 is 22.6 Å². The number of piperidine rings is 1. The Morgan fingerprint density at radius 2 is 1.39 bits per heavy atom. The van der Waals surface area contributed by atoms with Crippen molar-refractivity contribution >= 4 is 17.3 Å². The van der Waals surface area contributed by atoms with Crippen LogP contribution < -0.4 is 14.4 Å². The predicted molar refractivity (Wildman–Crippen MR) is 167 cm³/mol. The summed E-state index contributed by atoms with van der Waals surface area (Å²) in [6.07, 6.45) is 1.12. The van der Waals surface area contributed by atoms with E-state index in [0.29, 0.717) is 66.7 Å². The molecule has 1 aliphatic rings. The van der Waals surface area contributed by atoms with Gasteiger partial charge in [-0.25, -0.2) is 13.2 Å². The predicted octanol–water partition coefficient (Wildman–Crippen LogP) is 9.36. The molecule has 1 fully saturated rings. The molecule has 44 heavy (non-hydrogen) atoms. The Bertz CT molecular complexity index is 1730. The summed E-state index contributed by atoms with van der Waals surface area (Å²) in [7, 11) is 0. The van der Waals surface area contributed by atoms with Crippen molar-refractivity contribution in [2.45, 2.75) is 32.0 Å². The SMILES string of the molecule is Fc1cc(-c2ccc(OCc3ccccc3)nc2OCc2ccccc2)ccc1N1CCC(c2ccc(Cl)c(F)c2F)CC1. The Hall–Kier alpha value is -4.49. The van der Waals surface area contributed by atoms with Gasteiger partial charge in [0.1, 0.15) is 19.0 Å². The third-order valence-corrected chi connectivity index (χ3v) is 8.17. The molecule has 224 valence electrons. The second-order valence-electron chi connectivity index (χ2n) is 10.7. The fourth-order valence-electron chi connectivity index (χ4n) is 5.51. The van der Waals surface area contributed by atoms with Gasteiger partial charge in [0.2, 0.25) is 11.8 Å². The highest BCUT2D eigenvalue weighted by molar-refractivity contribution is 6.30. The summed E-state index contributed by atoms with van der Waals surface area (Å²) in [5, 5.41) is -0.232. The van der Waals surface area contributed by atoms with Gasteiger partial charge in [0.05, 0.1) is 10.7 Å². The maximum absolute atomic E-state index is 15.6. The molecular formula is C36H30ClF3N2O2. The van der Waals surface area contributed by atoms with Crippen LogP contribution in [0.3, 0.4) is 0 Å². The van der Waals surface area contributed by atoms with E-state index < -0.39 is 11.6 Å². The number of anilines is 1. The van der Waals surface area contributed by atoms with Crippen LogP contribution in [-0.4, -0.2) is 18.1 Å². The molecule has 4 nitrogen and oxygen atoms in total. The van der Waals surface area contributed by atoms with Crippen LogP contribution in [0.25, 0.3) is 11.1 Å². The van der Waals surface area contributed by atoms with E-state index in [1.165, 1.54) is 12.1 Å². The smallest absolute Gasteiger partial charge is 0.225 e. The topological polar surface area (TPSA) is 34.6 Å². The molecule has 0 spiro atoms. The first-order valence-corrected chi connectivity index (χ1v) is 14.9. The van der Waals surface area contributed by atoms with Gasteiger partial charge >= 0.3 is 0 Å². The Morgan fingerprint density at radius 3 is 2.05 bits per heavy atom. The number of pyridine rings is 1. The fraction of sp³-hybridized carbons (Fsp3) is 0.194. The first-order chi connectivity index (χ1) is 21.5. The molecule has 5 aromatic rings. The second-order valence-corrected chi connectivity index (χ2v) is 11.2. The third kappa shape index (κ3) is 6.68. The van der Waals surface area contributed by atoms with E-state index in [0.717, 1.165) is 11.1 Å². The van der Waals surface area contributed by atoms with Crippen LogP contribution in [0.4, 0.5) is 18.9 Å². The van der Waals surface area contributed by atoms with Crippen molar-refractivity contribution in [3.63, 3.8) is 0 Å². The van der Waals surface area contributed by atoms with Gasteiger partial charge in [0, 0.05) is 24.7 Å². The van der Waals surface area contributed by atoms with E-state index in [4.69, 9.17) is 21.1 Å². The van der Waals surface area contributed by atoms with Gasteiger partial charge in [-0.15, -0.1) is 0 Å². The van der Waals surface area contributed by atoms with E-state index in [2.05, 4.69) is 4.98 Å². The number of ether oxygens (including phenoxy) is 2. The van der Waals surface area contributed by atoms with E-state index in [1.54, 1.807) is 18.2 Å². The highest BCUT2D eigenvalue weighted by atomic mass is 35.5. The first-order valence-electron chi connectivity index (χ1n) is 14.5. The Kier molecular flexibility index (Phi) is 9.03. The Labute approximate surface area is 259 Å². The standard InChI is InChI=1S/C36H30ClF3N2O2/c37-30-14-12-28(34(39)35(30)40)26-17-19-42(20-18-26)32-15-11-27(21-31(32)38)29-13-16-33(43-22-24-7-3-1-4-8-24)41-36(29)44-23-25-9-5-2-6-10-25/h1-16,21,26H,17-20,22-23H2. The van der Waals surface area contributed by atoms with Crippen molar-refractivity contribution in [2.24, 2.45) is 0 Å². The lowest BCUT2D eigenvalue weighted by Gasteiger charge is -2.34. The number of nitrogens with zero attached hydrogens (tertiary/aromatic N) is 2. The number of hydrogen-bond acceptors (Lipinski definition) is 4. The average molecular weight is 615 g/mol. The van der Waals surface area contributed by atoms with Crippen molar-refractivity contribution in [1.29, 1.82) is 0 Å². The number of benzene rings is 4. The van der Waals surface area contributed by atoms with Gasteiger partial charge in [0.25, 0.3) is 0 Å². The molecule has 0 aliphatic carbocycles. The van der Waals surface area contributed by atoms with E-state index >= 15 is 4.39 Å². The van der Waals surface area contributed by atoms with Crippen molar-refractivity contribution in [3.8, 4) is 22.9 Å². The Morgan fingerprint density at radius 1 is 0.727 bits per heavy atom. The van der Waals surface area contributed by atoms with Crippen molar-refractivity contribution in [1.82, 2.24) is 4.98 Å². The molecule has 0 unspecified atom stereocenters. The zero-order valence-corrected chi connectivity index (χ0v) is 24.6. The monoisotopic (exact) mass is 614 g/mol. The lowest BCUT2D eigenvalue weighted by Crippen LogP contribution is -2.33. The van der Waals surface area contributed by atoms with Crippen LogP contribution in [-0.2, 0) is 13.2 Å². The molecule has 1 aliphatic heterocycles. The zero-order valence-electron chi connectivity index (χ0n) is 23.9. The number of rotatable bonds is 9. The van der Waals surface area contributed by atoms with Crippen LogP contribution in [0.1, 0.15) is 35.4 Å². The molecule has 6 rings (SSSR count). The third-order valence-electron chi connectivity index (χ3n) is 7.88. The summed E-state index contributed by atoms with van der Waals surface area (Å²) in [6.45, 7) is 1.65. The summed E-state index contributed by atoms with van der Waals surface area (Å²) < 4.78 is 56.2. The molecular weight excluding hydrogens is 585 g/mol.